The lowest BCUT2D eigenvalue weighted by molar-refractivity contribution is -0.00876. The Morgan fingerprint density at radius 3 is 2.67 bits per heavy atom. The normalized spacial score (nSPS) is 20.9. The number of ether oxygens (including phenoxy) is 2. The van der Waals surface area contributed by atoms with Gasteiger partial charge in [-0.05, 0) is 48.9 Å². The molecule has 2 atom stereocenters. The van der Waals surface area contributed by atoms with Crippen molar-refractivity contribution < 1.29 is 9.47 Å². The number of pyridine rings is 3. The largest absolute Gasteiger partial charge is 0.492 e. The van der Waals surface area contributed by atoms with Crippen LogP contribution in [0.1, 0.15) is 24.8 Å². The van der Waals surface area contributed by atoms with E-state index in [2.05, 4.69) is 54.3 Å². The van der Waals surface area contributed by atoms with Gasteiger partial charge in [-0.25, -0.2) is 14.5 Å². The minimum Gasteiger partial charge on any atom is -0.492 e. The van der Waals surface area contributed by atoms with Gasteiger partial charge in [0.05, 0.1) is 37.0 Å². The average molecular weight is 523 g/mol. The number of nitrogens with zero attached hydrogens (tertiary/aromatic N) is 7. The summed E-state index contributed by atoms with van der Waals surface area (Å²) in [5, 5.41) is 12.9. The third kappa shape index (κ3) is 4.06. The molecule has 4 aliphatic rings. The number of aromatic amines is 1. The standard InChI is InChI=1S/C29H30N8O2/c1-38-27-7-4-19(10-31-27)13-36-21-8-22(36)15-35(14-21)26-6-5-20(11-30-26)24-9-23(39-17-18-2-3-18)16-37-28(24)25-12-32-33-29(25)34-37/h4-7,9-12,16,18,21-22H,2-3,8,13-15,17H2,1H3,(H,33,34). The highest BCUT2D eigenvalue weighted by Crippen LogP contribution is 2.37. The number of piperazine rings is 1. The van der Waals surface area contributed by atoms with Crippen LogP contribution in [0.5, 0.6) is 11.6 Å². The molecule has 39 heavy (non-hydrogen) atoms. The van der Waals surface area contributed by atoms with Crippen molar-refractivity contribution in [3.05, 3.63) is 60.7 Å². The van der Waals surface area contributed by atoms with Crippen molar-refractivity contribution in [3.63, 3.8) is 0 Å². The zero-order valence-corrected chi connectivity index (χ0v) is 21.8. The van der Waals surface area contributed by atoms with E-state index in [9.17, 15) is 0 Å². The fourth-order valence-electron chi connectivity index (χ4n) is 6.04. The molecule has 3 aliphatic heterocycles. The first kappa shape index (κ1) is 22.8. The van der Waals surface area contributed by atoms with Gasteiger partial charge in [-0.15, -0.1) is 5.10 Å². The second-order valence-corrected chi connectivity index (χ2v) is 11.0. The summed E-state index contributed by atoms with van der Waals surface area (Å²) in [6.07, 6.45) is 11.5. The van der Waals surface area contributed by atoms with E-state index in [1.807, 2.05) is 35.4 Å². The van der Waals surface area contributed by atoms with Crippen LogP contribution in [0, 0.1) is 5.92 Å². The van der Waals surface area contributed by atoms with Crippen LogP contribution < -0.4 is 14.4 Å². The first-order valence-corrected chi connectivity index (χ1v) is 13.7. The Morgan fingerprint density at radius 1 is 1.03 bits per heavy atom. The zero-order chi connectivity index (χ0) is 25.9. The van der Waals surface area contributed by atoms with Crippen LogP contribution in [0.2, 0.25) is 0 Å². The molecular weight excluding hydrogens is 492 g/mol. The highest BCUT2D eigenvalue weighted by atomic mass is 16.5. The first-order valence-electron chi connectivity index (χ1n) is 13.7. The van der Waals surface area contributed by atoms with Gasteiger partial charge in [0.25, 0.3) is 0 Å². The summed E-state index contributed by atoms with van der Waals surface area (Å²) >= 11 is 0. The molecule has 10 heteroatoms. The van der Waals surface area contributed by atoms with Gasteiger partial charge in [0.2, 0.25) is 5.88 Å². The smallest absolute Gasteiger partial charge is 0.212 e. The Balaban J connectivity index is 1.02. The third-order valence-corrected chi connectivity index (χ3v) is 8.38. The Morgan fingerprint density at radius 2 is 1.92 bits per heavy atom. The third-order valence-electron chi connectivity index (χ3n) is 8.38. The first-order chi connectivity index (χ1) is 19.2. The van der Waals surface area contributed by atoms with E-state index in [4.69, 9.17) is 14.5 Å². The van der Waals surface area contributed by atoms with E-state index in [-0.39, 0.29) is 0 Å². The Kier molecular flexibility index (Phi) is 5.22. The van der Waals surface area contributed by atoms with Gasteiger partial charge < -0.3 is 14.4 Å². The van der Waals surface area contributed by atoms with E-state index < -0.39 is 0 Å². The number of methoxy groups -OCH3 is 1. The maximum Gasteiger partial charge on any atom is 0.212 e. The minimum absolute atomic E-state index is 0.536. The molecule has 0 aromatic carbocycles. The number of fused-ring (bicyclic) bond motifs is 5. The molecule has 0 amide bonds. The van der Waals surface area contributed by atoms with E-state index >= 15 is 0 Å². The van der Waals surface area contributed by atoms with Crippen LogP contribution in [-0.2, 0) is 6.54 Å². The second kappa shape index (κ2) is 8.94. The molecule has 10 nitrogen and oxygen atoms in total. The van der Waals surface area contributed by atoms with E-state index in [1.165, 1.54) is 24.8 Å². The van der Waals surface area contributed by atoms with E-state index in [0.717, 1.165) is 65.5 Å². The van der Waals surface area contributed by atoms with Gasteiger partial charge in [-0.1, -0.05) is 6.07 Å². The molecule has 0 spiro atoms. The molecule has 5 aromatic heterocycles. The monoisotopic (exact) mass is 522 g/mol. The van der Waals surface area contributed by atoms with Gasteiger partial charge in [-0.3, -0.25) is 10.00 Å². The maximum absolute atomic E-state index is 6.14. The second-order valence-electron chi connectivity index (χ2n) is 11.0. The summed E-state index contributed by atoms with van der Waals surface area (Å²) < 4.78 is 13.2. The molecule has 9 rings (SSSR count). The van der Waals surface area contributed by atoms with Crippen molar-refractivity contribution in [2.75, 3.05) is 31.7 Å². The highest BCUT2D eigenvalue weighted by Gasteiger charge is 2.44. The molecule has 8 heterocycles. The number of anilines is 1. The van der Waals surface area contributed by atoms with E-state index in [1.54, 1.807) is 7.11 Å². The zero-order valence-electron chi connectivity index (χ0n) is 21.8. The summed E-state index contributed by atoms with van der Waals surface area (Å²) in [4.78, 5) is 14.3. The highest BCUT2D eigenvalue weighted by molar-refractivity contribution is 6.00. The molecule has 2 unspecified atom stereocenters. The van der Waals surface area contributed by atoms with E-state index in [0.29, 0.717) is 23.9 Å². The van der Waals surface area contributed by atoms with Crippen molar-refractivity contribution in [2.45, 2.75) is 37.9 Å². The predicted octanol–water partition coefficient (Wildman–Crippen LogP) is 3.93. The van der Waals surface area contributed by atoms with Crippen LogP contribution in [0.4, 0.5) is 5.82 Å². The number of aromatic nitrogens is 6. The summed E-state index contributed by atoms with van der Waals surface area (Å²) in [5.41, 5.74) is 5.09. The lowest BCUT2D eigenvalue weighted by atomic mass is 9.87. The fraction of sp³-hybridized carbons (Fsp3) is 0.379. The van der Waals surface area contributed by atoms with Gasteiger partial charge in [0, 0.05) is 61.3 Å². The Hall–Kier alpha value is -4.18. The Bertz CT molecular complexity index is 1630. The van der Waals surface area contributed by atoms with Crippen molar-refractivity contribution in [1.82, 2.24) is 34.7 Å². The van der Waals surface area contributed by atoms with Crippen molar-refractivity contribution in [1.29, 1.82) is 0 Å². The fourth-order valence-corrected chi connectivity index (χ4v) is 6.04. The molecule has 4 fully saturated rings. The van der Waals surface area contributed by atoms with Crippen LogP contribution in [-0.4, -0.2) is 73.6 Å². The van der Waals surface area contributed by atoms with Crippen molar-refractivity contribution in [3.8, 4) is 22.8 Å². The number of nitrogens with one attached hydrogen (secondary N) is 1. The molecular formula is C29H30N8O2. The lowest BCUT2D eigenvalue weighted by Crippen LogP contribution is -2.68. The number of rotatable bonds is 8. The average Bonchev–Trinajstić information content (AvgIpc) is 3.60. The van der Waals surface area contributed by atoms with Crippen LogP contribution >= 0.6 is 0 Å². The molecule has 1 aliphatic carbocycles. The quantitative estimate of drug-likeness (QED) is 0.328. The Labute approximate surface area is 225 Å². The molecule has 3 saturated heterocycles. The molecule has 2 bridgehead atoms. The van der Waals surface area contributed by atoms with Gasteiger partial charge >= 0.3 is 0 Å². The topological polar surface area (TPSA) is 96.7 Å². The van der Waals surface area contributed by atoms with Crippen LogP contribution in [0.25, 0.3) is 27.7 Å². The SMILES string of the molecule is COc1ccc(CN2C3CC2CN(c2ccc(-c4cc(OCC5CC5)cn5nc6[nH]ncc6c45)cn2)C3)cn1. The van der Waals surface area contributed by atoms with Crippen LogP contribution in [0.15, 0.2) is 55.1 Å². The van der Waals surface area contributed by atoms with Gasteiger partial charge in [-0.2, -0.15) is 5.10 Å². The molecule has 1 saturated carbocycles. The minimum atomic E-state index is 0.536. The number of piperidine rings is 1. The predicted molar refractivity (Wildman–Crippen MR) is 147 cm³/mol. The number of hydrogen-bond acceptors (Lipinski definition) is 8. The number of H-pyrrole nitrogens is 1. The summed E-state index contributed by atoms with van der Waals surface area (Å²) in [6, 6.07) is 11.6. The molecule has 198 valence electrons. The van der Waals surface area contributed by atoms with Gasteiger partial charge in [0.1, 0.15) is 11.6 Å². The summed E-state index contributed by atoms with van der Waals surface area (Å²) in [7, 11) is 1.65. The van der Waals surface area contributed by atoms with Crippen LogP contribution in [0.3, 0.4) is 0 Å². The van der Waals surface area contributed by atoms with Crippen molar-refractivity contribution >= 4 is 22.4 Å². The van der Waals surface area contributed by atoms with Gasteiger partial charge in [0.15, 0.2) is 5.65 Å². The molecule has 5 aromatic rings. The molecule has 0 radical (unpaired) electrons. The lowest BCUT2D eigenvalue weighted by Gasteiger charge is -2.56. The molecule has 1 N–H and O–H groups in total. The van der Waals surface area contributed by atoms with Crippen molar-refractivity contribution in [2.24, 2.45) is 5.92 Å². The number of hydrogen-bond donors (Lipinski definition) is 1. The summed E-state index contributed by atoms with van der Waals surface area (Å²) in [5.74, 6) is 3.19. The summed E-state index contributed by atoms with van der Waals surface area (Å²) in [6.45, 7) is 3.65. The maximum atomic E-state index is 6.14.